The molecule has 2 rings (SSSR count). The summed E-state index contributed by atoms with van der Waals surface area (Å²) in [5, 5.41) is 11.1. The minimum Gasteiger partial charge on any atom is -0.361 e. The van der Waals surface area contributed by atoms with E-state index in [-0.39, 0.29) is 6.04 Å². The lowest BCUT2D eigenvalue weighted by Gasteiger charge is -2.15. The Balaban J connectivity index is 2.06. The standard InChI is InChI=1S/C12H18N4O2/c1-5-10(12-7(2)15-17-8(12)3)13-6-11-14-9(4)16-18-11/h10,13H,5-6H2,1-4H3/t10-/m0/s1. The van der Waals surface area contributed by atoms with Gasteiger partial charge in [0.1, 0.15) is 5.76 Å². The highest BCUT2D eigenvalue weighted by Crippen LogP contribution is 2.24. The van der Waals surface area contributed by atoms with Crippen LogP contribution in [-0.4, -0.2) is 15.3 Å². The van der Waals surface area contributed by atoms with Crippen molar-refractivity contribution in [1.29, 1.82) is 0 Å². The number of aryl methyl sites for hydroxylation is 3. The second-order valence-electron chi connectivity index (χ2n) is 4.31. The van der Waals surface area contributed by atoms with E-state index in [9.17, 15) is 0 Å². The van der Waals surface area contributed by atoms with Gasteiger partial charge in [-0.05, 0) is 27.2 Å². The van der Waals surface area contributed by atoms with Crippen molar-refractivity contribution in [3.8, 4) is 0 Å². The molecule has 2 aromatic rings. The van der Waals surface area contributed by atoms with E-state index in [4.69, 9.17) is 9.05 Å². The Morgan fingerprint density at radius 2 is 1.94 bits per heavy atom. The smallest absolute Gasteiger partial charge is 0.240 e. The molecule has 2 aromatic heterocycles. The molecule has 0 spiro atoms. The third-order valence-corrected chi connectivity index (χ3v) is 2.91. The van der Waals surface area contributed by atoms with E-state index >= 15 is 0 Å². The average molecular weight is 250 g/mol. The third kappa shape index (κ3) is 2.59. The second kappa shape index (κ2) is 5.30. The molecular formula is C12H18N4O2. The summed E-state index contributed by atoms with van der Waals surface area (Å²) >= 11 is 0. The molecule has 0 amide bonds. The largest absolute Gasteiger partial charge is 0.361 e. The van der Waals surface area contributed by atoms with Crippen molar-refractivity contribution in [1.82, 2.24) is 20.6 Å². The predicted octanol–water partition coefficient (Wildman–Crippen LogP) is 2.22. The van der Waals surface area contributed by atoms with Crippen LogP contribution in [0, 0.1) is 20.8 Å². The summed E-state index contributed by atoms with van der Waals surface area (Å²) in [5.74, 6) is 2.10. The normalized spacial score (nSPS) is 12.9. The zero-order valence-corrected chi connectivity index (χ0v) is 11.1. The van der Waals surface area contributed by atoms with Gasteiger partial charge in [0.05, 0.1) is 12.2 Å². The van der Waals surface area contributed by atoms with Gasteiger partial charge in [0.2, 0.25) is 5.89 Å². The fourth-order valence-electron chi connectivity index (χ4n) is 2.06. The van der Waals surface area contributed by atoms with Crippen LogP contribution in [0.1, 0.15) is 48.1 Å². The molecule has 1 atom stereocenters. The highest BCUT2D eigenvalue weighted by molar-refractivity contribution is 5.24. The maximum atomic E-state index is 5.19. The molecule has 0 radical (unpaired) electrons. The van der Waals surface area contributed by atoms with Crippen LogP contribution in [0.2, 0.25) is 0 Å². The minimum absolute atomic E-state index is 0.184. The quantitative estimate of drug-likeness (QED) is 0.876. The van der Waals surface area contributed by atoms with Crippen molar-refractivity contribution in [3.63, 3.8) is 0 Å². The monoisotopic (exact) mass is 250 g/mol. The van der Waals surface area contributed by atoms with Gasteiger partial charge in [-0.3, -0.25) is 0 Å². The lowest BCUT2D eigenvalue weighted by Crippen LogP contribution is -2.21. The van der Waals surface area contributed by atoms with Crippen LogP contribution in [0.25, 0.3) is 0 Å². The van der Waals surface area contributed by atoms with Crippen molar-refractivity contribution in [2.45, 2.75) is 46.7 Å². The molecule has 0 saturated heterocycles. The molecule has 0 aliphatic carbocycles. The van der Waals surface area contributed by atoms with E-state index < -0.39 is 0 Å². The van der Waals surface area contributed by atoms with E-state index in [1.807, 2.05) is 13.8 Å². The molecule has 0 saturated carbocycles. The molecule has 0 aliphatic rings. The molecule has 0 unspecified atom stereocenters. The van der Waals surface area contributed by atoms with Gasteiger partial charge in [-0.15, -0.1) is 0 Å². The Kier molecular flexibility index (Phi) is 3.76. The first-order valence-corrected chi connectivity index (χ1v) is 6.07. The molecule has 0 bridgehead atoms. The molecule has 6 heteroatoms. The molecule has 6 nitrogen and oxygen atoms in total. The molecule has 18 heavy (non-hydrogen) atoms. The van der Waals surface area contributed by atoms with Crippen LogP contribution in [0.4, 0.5) is 0 Å². The Labute approximate surface area is 106 Å². The number of nitrogens with zero attached hydrogens (tertiary/aromatic N) is 3. The predicted molar refractivity (Wildman–Crippen MR) is 64.9 cm³/mol. The summed E-state index contributed by atoms with van der Waals surface area (Å²) in [6.45, 7) is 8.34. The summed E-state index contributed by atoms with van der Waals surface area (Å²) in [7, 11) is 0. The van der Waals surface area contributed by atoms with E-state index in [1.165, 1.54) is 0 Å². The molecule has 0 aliphatic heterocycles. The van der Waals surface area contributed by atoms with E-state index in [0.29, 0.717) is 18.3 Å². The summed E-state index contributed by atoms with van der Waals surface area (Å²) < 4.78 is 10.3. The zero-order chi connectivity index (χ0) is 13.1. The highest BCUT2D eigenvalue weighted by atomic mass is 16.5. The van der Waals surface area contributed by atoms with Crippen LogP contribution >= 0.6 is 0 Å². The number of rotatable bonds is 5. The van der Waals surface area contributed by atoms with Crippen LogP contribution < -0.4 is 5.32 Å². The maximum Gasteiger partial charge on any atom is 0.240 e. The van der Waals surface area contributed by atoms with Gasteiger partial charge in [-0.2, -0.15) is 4.98 Å². The van der Waals surface area contributed by atoms with Crippen molar-refractivity contribution in [2.75, 3.05) is 0 Å². The van der Waals surface area contributed by atoms with Gasteiger partial charge in [-0.25, -0.2) is 0 Å². The van der Waals surface area contributed by atoms with E-state index in [2.05, 4.69) is 27.5 Å². The SMILES string of the molecule is CC[C@H](NCc1nc(C)no1)c1c(C)noc1C. The van der Waals surface area contributed by atoms with Crippen molar-refractivity contribution < 1.29 is 9.05 Å². The summed E-state index contributed by atoms with van der Waals surface area (Å²) in [6, 6.07) is 0.184. The first-order chi connectivity index (χ1) is 8.61. The van der Waals surface area contributed by atoms with Crippen LogP contribution in [0.15, 0.2) is 9.05 Å². The van der Waals surface area contributed by atoms with E-state index in [0.717, 1.165) is 23.4 Å². The summed E-state index contributed by atoms with van der Waals surface area (Å²) in [5.41, 5.74) is 2.04. The fraction of sp³-hybridized carbons (Fsp3) is 0.583. The van der Waals surface area contributed by atoms with Gasteiger partial charge in [0.15, 0.2) is 5.82 Å². The number of hydrogen-bond donors (Lipinski definition) is 1. The Morgan fingerprint density at radius 1 is 1.17 bits per heavy atom. The lowest BCUT2D eigenvalue weighted by molar-refractivity contribution is 0.351. The molecule has 0 fully saturated rings. The first kappa shape index (κ1) is 12.8. The maximum absolute atomic E-state index is 5.19. The number of aromatic nitrogens is 3. The summed E-state index contributed by atoms with van der Waals surface area (Å²) in [6.07, 6.45) is 0.940. The molecule has 1 N–H and O–H groups in total. The molecule has 2 heterocycles. The Hall–Kier alpha value is -1.69. The first-order valence-electron chi connectivity index (χ1n) is 6.07. The Morgan fingerprint density at radius 3 is 2.44 bits per heavy atom. The minimum atomic E-state index is 0.184. The topological polar surface area (TPSA) is 77.0 Å². The van der Waals surface area contributed by atoms with Crippen LogP contribution in [0.5, 0.6) is 0 Å². The average Bonchev–Trinajstić information content (AvgIpc) is 2.89. The Bertz CT molecular complexity index is 498. The lowest BCUT2D eigenvalue weighted by atomic mass is 10.0. The van der Waals surface area contributed by atoms with Gasteiger partial charge in [0, 0.05) is 11.6 Å². The van der Waals surface area contributed by atoms with Gasteiger partial charge in [-0.1, -0.05) is 17.2 Å². The molecular weight excluding hydrogens is 232 g/mol. The summed E-state index contributed by atoms with van der Waals surface area (Å²) in [4.78, 5) is 4.16. The van der Waals surface area contributed by atoms with Crippen LogP contribution in [0.3, 0.4) is 0 Å². The van der Waals surface area contributed by atoms with Crippen molar-refractivity contribution in [2.24, 2.45) is 0 Å². The third-order valence-electron chi connectivity index (χ3n) is 2.91. The van der Waals surface area contributed by atoms with Crippen molar-refractivity contribution >= 4 is 0 Å². The molecule has 0 aromatic carbocycles. The number of hydrogen-bond acceptors (Lipinski definition) is 6. The van der Waals surface area contributed by atoms with Crippen LogP contribution in [-0.2, 0) is 6.54 Å². The fourth-order valence-corrected chi connectivity index (χ4v) is 2.06. The molecule has 98 valence electrons. The zero-order valence-electron chi connectivity index (χ0n) is 11.1. The van der Waals surface area contributed by atoms with Gasteiger partial charge in [0.25, 0.3) is 0 Å². The van der Waals surface area contributed by atoms with Gasteiger partial charge >= 0.3 is 0 Å². The van der Waals surface area contributed by atoms with Crippen molar-refractivity contribution in [3.05, 3.63) is 28.7 Å². The number of nitrogens with one attached hydrogen (secondary N) is 1. The van der Waals surface area contributed by atoms with E-state index in [1.54, 1.807) is 6.92 Å². The second-order valence-corrected chi connectivity index (χ2v) is 4.31. The van der Waals surface area contributed by atoms with Gasteiger partial charge < -0.3 is 14.4 Å². The highest BCUT2D eigenvalue weighted by Gasteiger charge is 2.19.